The van der Waals surface area contributed by atoms with Crippen LogP contribution in [-0.4, -0.2) is 16.0 Å². The molecule has 0 aromatic heterocycles. The largest absolute Gasteiger partial charge is 0.417 e. The van der Waals surface area contributed by atoms with Crippen LogP contribution in [0.1, 0.15) is 13.8 Å². The molecule has 2 N–H and O–H groups in total. The maximum absolute atomic E-state index is 11.8. The minimum Gasteiger partial charge on any atom is -0.371 e. The molecule has 2 amide bonds. The highest BCUT2D eigenvalue weighted by atomic mass is 32.2. The molecule has 0 saturated heterocycles. The first-order valence-corrected chi connectivity index (χ1v) is 7.96. The van der Waals surface area contributed by atoms with Gasteiger partial charge in [-0.3, -0.25) is 9.59 Å². The molecule has 8 heteroatoms. The summed E-state index contributed by atoms with van der Waals surface area (Å²) in [5, 5.41) is 5.22. The van der Waals surface area contributed by atoms with Crippen LogP contribution in [0.15, 0.2) is 48.5 Å². The van der Waals surface area contributed by atoms with E-state index < -0.39 is 11.4 Å². The molecule has 2 rings (SSSR count). The van der Waals surface area contributed by atoms with Crippen molar-refractivity contribution in [2.24, 2.45) is 0 Å². The van der Waals surface area contributed by atoms with Gasteiger partial charge in [-0.25, -0.2) is 0 Å². The SMILES string of the molecule is CC(=O)Nc1ccc(OS(=O)Oc2ccc(NC(C)=O)cc2)cc1. The number of rotatable bonds is 6. The van der Waals surface area contributed by atoms with Crippen LogP contribution in [0, 0.1) is 0 Å². The van der Waals surface area contributed by atoms with E-state index in [2.05, 4.69) is 10.6 Å². The van der Waals surface area contributed by atoms with E-state index in [4.69, 9.17) is 8.37 Å². The third-order valence-corrected chi connectivity index (χ3v) is 3.33. The molecule has 0 radical (unpaired) electrons. The average molecular weight is 348 g/mol. The molecule has 0 unspecified atom stereocenters. The standard InChI is InChI=1S/C16H16N2O5S/c1-11(19)17-13-3-7-15(8-4-13)22-24(21)23-16-9-5-14(6-10-16)18-12(2)20/h3-10H,1-2H3,(H,17,19)(H,18,20). The Hall–Kier alpha value is -2.87. The molecule has 2 aromatic carbocycles. The number of carbonyl (C=O) groups excluding carboxylic acids is 2. The summed E-state index contributed by atoms with van der Waals surface area (Å²) in [5.74, 6) is 0.297. The fraction of sp³-hybridized carbons (Fsp3) is 0.125. The van der Waals surface area contributed by atoms with Gasteiger partial charge in [0.25, 0.3) is 0 Å². The molecule has 0 aliphatic heterocycles. The lowest BCUT2D eigenvalue weighted by molar-refractivity contribution is -0.115. The molecule has 0 atom stereocenters. The van der Waals surface area contributed by atoms with Crippen LogP contribution in [0.2, 0.25) is 0 Å². The van der Waals surface area contributed by atoms with E-state index in [1.165, 1.54) is 13.8 Å². The van der Waals surface area contributed by atoms with Gasteiger partial charge in [-0.05, 0) is 48.5 Å². The van der Waals surface area contributed by atoms with Gasteiger partial charge in [0.15, 0.2) is 0 Å². The van der Waals surface area contributed by atoms with Crippen molar-refractivity contribution in [3.63, 3.8) is 0 Å². The smallest absolute Gasteiger partial charge is 0.371 e. The first-order valence-electron chi connectivity index (χ1n) is 6.96. The third-order valence-electron chi connectivity index (χ3n) is 2.68. The zero-order chi connectivity index (χ0) is 17.5. The minimum atomic E-state index is -2.03. The number of benzene rings is 2. The van der Waals surface area contributed by atoms with E-state index in [1.807, 2.05) is 0 Å². The van der Waals surface area contributed by atoms with Gasteiger partial charge >= 0.3 is 11.4 Å². The highest BCUT2D eigenvalue weighted by Crippen LogP contribution is 2.19. The predicted octanol–water partition coefficient (Wildman–Crippen LogP) is 2.64. The normalized spacial score (nSPS) is 10.1. The molecule has 0 heterocycles. The number of carbonyl (C=O) groups is 2. The van der Waals surface area contributed by atoms with E-state index in [1.54, 1.807) is 48.5 Å². The molecule has 0 bridgehead atoms. The molecule has 0 fully saturated rings. The molecule has 0 spiro atoms. The summed E-state index contributed by atoms with van der Waals surface area (Å²) >= 11 is -2.03. The fourth-order valence-electron chi connectivity index (χ4n) is 1.77. The quantitative estimate of drug-likeness (QED) is 0.837. The van der Waals surface area contributed by atoms with Crippen LogP contribution in [-0.2, 0) is 21.0 Å². The third kappa shape index (κ3) is 5.73. The van der Waals surface area contributed by atoms with Crippen LogP contribution in [0.4, 0.5) is 11.4 Å². The zero-order valence-corrected chi connectivity index (χ0v) is 13.9. The van der Waals surface area contributed by atoms with Gasteiger partial charge in [-0.2, -0.15) is 4.21 Å². The summed E-state index contributed by atoms with van der Waals surface area (Å²) in [6, 6.07) is 12.7. The van der Waals surface area contributed by atoms with Crippen molar-refractivity contribution >= 4 is 34.6 Å². The number of anilines is 2. The van der Waals surface area contributed by atoms with Gasteiger partial charge in [-0.1, -0.05) is 0 Å². The first kappa shape index (κ1) is 17.5. The zero-order valence-electron chi connectivity index (χ0n) is 13.1. The van der Waals surface area contributed by atoms with Crippen molar-refractivity contribution in [3.05, 3.63) is 48.5 Å². The topological polar surface area (TPSA) is 93.7 Å². The molecular formula is C16H16N2O5S. The maximum Gasteiger partial charge on any atom is 0.417 e. The van der Waals surface area contributed by atoms with Crippen molar-refractivity contribution in [3.8, 4) is 11.5 Å². The Morgan fingerprint density at radius 1 is 0.750 bits per heavy atom. The highest BCUT2D eigenvalue weighted by Gasteiger charge is 2.07. The lowest BCUT2D eigenvalue weighted by atomic mass is 10.3. The molecule has 2 aromatic rings. The Morgan fingerprint density at radius 2 is 1.08 bits per heavy atom. The summed E-state index contributed by atoms with van der Waals surface area (Å²) in [6.07, 6.45) is 0. The summed E-state index contributed by atoms with van der Waals surface area (Å²) < 4.78 is 22.1. The number of hydrogen-bond donors (Lipinski definition) is 2. The van der Waals surface area contributed by atoms with Gasteiger partial charge in [0, 0.05) is 25.2 Å². The Labute approximate surface area is 141 Å². The van der Waals surface area contributed by atoms with E-state index in [9.17, 15) is 13.8 Å². The number of nitrogens with one attached hydrogen (secondary N) is 2. The Kier molecular flexibility index (Phi) is 5.91. The Balaban J connectivity index is 1.90. The second kappa shape index (κ2) is 8.11. The highest BCUT2D eigenvalue weighted by molar-refractivity contribution is 7.75. The van der Waals surface area contributed by atoms with E-state index in [-0.39, 0.29) is 11.8 Å². The minimum absolute atomic E-state index is 0.182. The van der Waals surface area contributed by atoms with Crippen LogP contribution in [0.5, 0.6) is 11.5 Å². The molecule has 0 aliphatic rings. The Bertz CT molecular complexity index is 681. The summed E-state index contributed by atoms with van der Waals surface area (Å²) in [6.45, 7) is 2.81. The van der Waals surface area contributed by atoms with Crippen molar-refractivity contribution in [1.82, 2.24) is 0 Å². The first-order chi connectivity index (χ1) is 11.4. The predicted molar refractivity (Wildman–Crippen MR) is 90.9 cm³/mol. The van der Waals surface area contributed by atoms with E-state index in [0.717, 1.165) is 0 Å². The van der Waals surface area contributed by atoms with Crippen molar-refractivity contribution in [1.29, 1.82) is 0 Å². The molecular weight excluding hydrogens is 332 g/mol. The lowest BCUT2D eigenvalue weighted by Gasteiger charge is -2.08. The van der Waals surface area contributed by atoms with Crippen molar-refractivity contribution < 1.29 is 22.2 Å². The average Bonchev–Trinajstić information content (AvgIpc) is 2.50. The lowest BCUT2D eigenvalue weighted by Crippen LogP contribution is -2.09. The van der Waals surface area contributed by atoms with E-state index in [0.29, 0.717) is 22.9 Å². The van der Waals surface area contributed by atoms with Gasteiger partial charge in [0.2, 0.25) is 11.8 Å². The summed E-state index contributed by atoms with van der Waals surface area (Å²) in [5.41, 5.74) is 1.21. The van der Waals surface area contributed by atoms with Gasteiger partial charge < -0.3 is 19.0 Å². The van der Waals surface area contributed by atoms with Gasteiger partial charge in [0.05, 0.1) is 0 Å². The van der Waals surface area contributed by atoms with Crippen LogP contribution < -0.4 is 19.0 Å². The molecule has 7 nitrogen and oxygen atoms in total. The monoisotopic (exact) mass is 348 g/mol. The second-order valence-corrected chi connectivity index (χ2v) is 5.52. The Morgan fingerprint density at radius 3 is 1.38 bits per heavy atom. The number of hydrogen-bond acceptors (Lipinski definition) is 5. The second-order valence-electron chi connectivity index (χ2n) is 4.78. The summed E-state index contributed by atoms with van der Waals surface area (Å²) in [7, 11) is 0. The molecule has 126 valence electrons. The van der Waals surface area contributed by atoms with Crippen LogP contribution >= 0.6 is 0 Å². The molecule has 24 heavy (non-hydrogen) atoms. The maximum atomic E-state index is 11.8. The van der Waals surface area contributed by atoms with Crippen molar-refractivity contribution in [2.75, 3.05) is 10.6 Å². The molecule has 0 aliphatic carbocycles. The van der Waals surface area contributed by atoms with Crippen LogP contribution in [0.3, 0.4) is 0 Å². The fourth-order valence-corrected chi connectivity index (χ4v) is 2.34. The van der Waals surface area contributed by atoms with Gasteiger partial charge in [0.1, 0.15) is 11.5 Å². The van der Waals surface area contributed by atoms with Crippen LogP contribution in [0.25, 0.3) is 0 Å². The summed E-state index contributed by atoms with van der Waals surface area (Å²) in [4.78, 5) is 21.9. The van der Waals surface area contributed by atoms with E-state index >= 15 is 0 Å². The van der Waals surface area contributed by atoms with Gasteiger partial charge in [-0.15, -0.1) is 0 Å². The van der Waals surface area contributed by atoms with Crippen molar-refractivity contribution in [2.45, 2.75) is 13.8 Å². The number of amides is 2. The molecule has 0 saturated carbocycles.